The van der Waals surface area contributed by atoms with Crippen molar-refractivity contribution in [3.8, 4) is 11.3 Å². The van der Waals surface area contributed by atoms with E-state index >= 15 is 0 Å². The monoisotopic (exact) mass is 299 g/mol. The summed E-state index contributed by atoms with van der Waals surface area (Å²) in [5.41, 5.74) is 5.50. The Bertz CT molecular complexity index is 665. The van der Waals surface area contributed by atoms with Crippen molar-refractivity contribution in [1.29, 1.82) is 0 Å². The third-order valence-electron chi connectivity index (χ3n) is 4.79. The molecule has 5 heteroatoms. The zero-order valence-electron chi connectivity index (χ0n) is 12.5. The number of nitrogens with one attached hydrogen (secondary N) is 1. The summed E-state index contributed by atoms with van der Waals surface area (Å²) in [5, 5.41) is 27.1. The molecular weight excluding hydrogens is 278 g/mol. The Kier molecular flexibility index (Phi) is 3.39. The molecular formula is C17H21N3O2. The molecule has 2 atom stereocenters. The van der Waals surface area contributed by atoms with Crippen molar-refractivity contribution < 1.29 is 10.2 Å². The number of rotatable bonds is 2. The maximum absolute atomic E-state index is 9.89. The van der Waals surface area contributed by atoms with Crippen LogP contribution in [0.1, 0.15) is 24.1 Å². The molecule has 2 unspecified atom stereocenters. The summed E-state index contributed by atoms with van der Waals surface area (Å²) in [6.45, 7) is 1.62. The average molecular weight is 299 g/mol. The first-order chi connectivity index (χ1) is 10.7. The fourth-order valence-corrected chi connectivity index (χ4v) is 3.52. The van der Waals surface area contributed by atoms with Crippen LogP contribution in [0.5, 0.6) is 0 Å². The number of nitrogens with zero attached hydrogens (tertiary/aromatic N) is 2. The van der Waals surface area contributed by atoms with Gasteiger partial charge in [-0.2, -0.15) is 5.10 Å². The Hall–Kier alpha value is -1.85. The predicted octanol–water partition coefficient (Wildman–Crippen LogP) is 1.50. The molecule has 2 aliphatic rings. The van der Waals surface area contributed by atoms with Crippen molar-refractivity contribution in [3.63, 3.8) is 0 Å². The molecule has 22 heavy (non-hydrogen) atoms. The second-order valence-electron chi connectivity index (χ2n) is 6.36. The Balaban J connectivity index is 1.60. The molecule has 116 valence electrons. The lowest BCUT2D eigenvalue weighted by Gasteiger charge is -2.19. The first-order valence-corrected chi connectivity index (χ1v) is 7.98. The van der Waals surface area contributed by atoms with E-state index in [1.165, 1.54) is 0 Å². The van der Waals surface area contributed by atoms with Gasteiger partial charge in [0, 0.05) is 42.0 Å². The molecule has 1 aromatic carbocycles. The molecule has 0 radical (unpaired) electrons. The molecule has 5 nitrogen and oxygen atoms in total. The summed E-state index contributed by atoms with van der Waals surface area (Å²) in [6.07, 6.45) is 2.74. The molecule has 1 aromatic heterocycles. The van der Waals surface area contributed by atoms with Gasteiger partial charge in [0.15, 0.2) is 0 Å². The highest BCUT2D eigenvalue weighted by Gasteiger charge is 2.23. The van der Waals surface area contributed by atoms with Gasteiger partial charge in [0.25, 0.3) is 0 Å². The van der Waals surface area contributed by atoms with Gasteiger partial charge >= 0.3 is 0 Å². The molecule has 0 amide bonds. The van der Waals surface area contributed by atoms with Crippen LogP contribution in [-0.4, -0.2) is 45.7 Å². The van der Waals surface area contributed by atoms with Crippen LogP contribution in [0.15, 0.2) is 24.3 Å². The molecule has 1 aliphatic heterocycles. The Morgan fingerprint density at radius 1 is 1.09 bits per heavy atom. The van der Waals surface area contributed by atoms with E-state index in [9.17, 15) is 10.2 Å². The first-order valence-electron chi connectivity index (χ1n) is 7.98. The zero-order valence-corrected chi connectivity index (χ0v) is 12.5. The highest BCUT2D eigenvalue weighted by molar-refractivity contribution is 5.67. The zero-order chi connectivity index (χ0) is 15.1. The van der Waals surface area contributed by atoms with Crippen LogP contribution >= 0.6 is 0 Å². The minimum atomic E-state index is -0.255. The number of benzene rings is 1. The van der Waals surface area contributed by atoms with Crippen LogP contribution in [0.2, 0.25) is 0 Å². The maximum atomic E-state index is 9.89. The van der Waals surface area contributed by atoms with Crippen molar-refractivity contribution in [2.45, 2.75) is 37.9 Å². The van der Waals surface area contributed by atoms with Crippen LogP contribution in [0, 0.1) is 0 Å². The first kappa shape index (κ1) is 13.8. The van der Waals surface area contributed by atoms with Crippen LogP contribution in [0.25, 0.3) is 11.3 Å². The van der Waals surface area contributed by atoms with Crippen molar-refractivity contribution in [2.75, 3.05) is 18.0 Å². The Morgan fingerprint density at radius 3 is 2.64 bits per heavy atom. The summed E-state index contributed by atoms with van der Waals surface area (Å²) in [5.74, 6) is 0. The minimum Gasteiger partial charge on any atom is -0.393 e. The minimum absolute atomic E-state index is 0.209. The van der Waals surface area contributed by atoms with E-state index in [1.54, 1.807) is 0 Å². The molecule has 0 bridgehead atoms. The molecule has 3 N–H and O–H groups in total. The SMILES string of the molecule is OC1CCc2[nH]nc(-c3ccc(N4CCC(O)C4)cc3)c2C1. The highest BCUT2D eigenvalue weighted by atomic mass is 16.3. The van der Waals surface area contributed by atoms with Gasteiger partial charge in [-0.25, -0.2) is 0 Å². The number of aliphatic hydroxyl groups excluding tert-OH is 2. The molecule has 4 rings (SSSR count). The average Bonchev–Trinajstić information content (AvgIpc) is 3.13. The molecule has 2 aromatic rings. The molecule has 1 aliphatic carbocycles. The van der Waals surface area contributed by atoms with Gasteiger partial charge in [-0.05, 0) is 31.4 Å². The number of anilines is 1. The van der Waals surface area contributed by atoms with Gasteiger partial charge in [-0.3, -0.25) is 5.10 Å². The molecule has 2 heterocycles. The van der Waals surface area contributed by atoms with Gasteiger partial charge in [0.05, 0.1) is 17.9 Å². The topological polar surface area (TPSA) is 72.4 Å². The van der Waals surface area contributed by atoms with E-state index in [-0.39, 0.29) is 12.2 Å². The number of aromatic nitrogens is 2. The van der Waals surface area contributed by atoms with E-state index < -0.39 is 0 Å². The van der Waals surface area contributed by atoms with Gasteiger partial charge in [0.1, 0.15) is 0 Å². The van der Waals surface area contributed by atoms with Gasteiger partial charge in [0.2, 0.25) is 0 Å². The van der Waals surface area contributed by atoms with E-state index in [0.29, 0.717) is 13.0 Å². The molecule has 1 fully saturated rings. The van der Waals surface area contributed by atoms with Crippen molar-refractivity contribution in [2.24, 2.45) is 0 Å². The number of aliphatic hydroxyl groups is 2. The second-order valence-corrected chi connectivity index (χ2v) is 6.36. The summed E-state index contributed by atoms with van der Waals surface area (Å²) in [6, 6.07) is 8.34. The quantitative estimate of drug-likeness (QED) is 0.786. The van der Waals surface area contributed by atoms with Gasteiger partial charge in [-0.15, -0.1) is 0 Å². The van der Waals surface area contributed by atoms with E-state index in [4.69, 9.17) is 0 Å². The summed E-state index contributed by atoms with van der Waals surface area (Å²) in [4.78, 5) is 2.21. The number of H-pyrrole nitrogens is 1. The lowest BCUT2D eigenvalue weighted by Crippen LogP contribution is -2.20. The van der Waals surface area contributed by atoms with Crippen LogP contribution in [0.4, 0.5) is 5.69 Å². The molecule has 0 spiro atoms. The third kappa shape index (κ3) is 2.40. The van der Waals surface area contributed by atoms with Crippen molar-refractivity contribution in [3.05, 3.63) is 35.5 Å². The smallest absolute Gasteiger partial charge is 0.0956 e. The highest BCUT2D eigenvalue weighted by Crippen LogP contribution is 2.31. The Labute approximate surface area is 129 Å². The maximum Gasteiger partial charge on any atom is 0.0956 e. The largest absolute Gasteiger partial charge is 0.393 e. The van der Waals surface area contributed by atoms with Gasteiger partial charge < -0.3 is 15.1 Å². The van der Waals surface area contributed by atoms with Gasteiger partial charge in [-0.1, -0.05) is 12.1 Å². The third-order valence-corrected chi connectivity index (χ3v) is 4.79. The number of fused-ring (bicyclic) bond motifs is 1. The number of hydrogen-bond acceptors (Lipinski definition) is 4. The predicted molar refractivity (Wildman–Crippen MR) is 84.9 cm³/mol. The number of β-amino-alcohol motifs (C(OH)–C–C–N with tert-alkyl or cyclic N) is 1. The Morgan fingerprint density at radius 2 is 1.91 bits per heavy atom. The van der Waals surface area contributed by atoms with Crippen LogP contribution < -0.4 is 4.90 Å². The van der Waals surface area contributed by atoms with Crippen molar-refractivity contribution >= 4 is 5.69 Å². The van der Waals surface area contributed by atoms with E-state index in [1.807, 2.05) is 0 Å². The standard InChI is InChI=1S/C17H21N3O2/c21-13-5-6-16-15(9-13)17(19-18-16)11-1-3-12(4-2-11)20-8-7-14(22)10-20/h1-4,13-14,21-22H,5-10H2,(H,18,19). The number of hydrogen-bond donors (Lipinski definition) is 3. The fourth-order valence-electron chi connectivity index (χ4n) is 3.52. The summed E-state index contributed by atoms with van der Waals surface area (Å²) < 4.78 is 0. The van der Waals surface area contributed by atoms with Crippen molar-refractivity contribution in [1.82, 2.24) is 10.2 Å². The lowest BCUT2D eigenvalue weighted by atomic mass is 9.91. The number of aromatic amines is 1. The second kappa shape index (κ2) is 5.41. The van der Waals surface area contributed by atoms with E-state index in [0.717, 1.165) is 54.0 Å². The van der Waals surface area contributed by atoms with Crippen LogP contribution in [-0.2, 0) is 12.8 Å². The molecule has 1 saturated heterocycles. The normalized spacial score (nSPS) is 24.5. The van der Waals surface area contributed by atoms with Crippen LogP contribution in [0.3, 0.4) is 0 Å². The lowest BCUT2D eigenvalue weighted by molar-refractivity contribution is 0.158. The number of aryl methyl sites for hydroxylation is 1. The fraction of sp³-hybridized carbons (Fsp3) is 0.471. The van der Waals surface area contributed by atoms with E-state index in [2.05, 4.69) is 39.4 Å². The summed E-state index contributed by atoms with van der Waals surface area (Å²) in [7, 11) is 0. The molecule has 0 saturated carbocycles. The summed E-state index contributed by atoms with van der Waals surface area (Å²) >= 11 is 0.